The molecule has 4 nitrogen and oxygen atoms in total. The zero-order valence-corrected chi connectivity index (χ0v) is 12.6. The fourth-order valence-electron chi connectivity index (χ4n) is 2.69. The van der Waals surface area contributed by atoms with E-state index in [0.29, 0.717) is 5.91 Å². The normalized spacial score (nSPS) is 26.9. The summed E-state index contributed by atoms with van der Waals surface area (Å²) in [6.07, 6.45) is 0. The SMILES string of the molecule is CC(C(=O)N1CCNCC1)N1CCSC(C)(C)C1. The van der Waals surface area contributed by atoms with E-state index in [-0.39, 0.29) is 10.8 Å². The van der Waals surface area contributed by atoms with Crippen molar-refractivity contribution in [2.24, 2.45) is 0 Å². The molecular formula is C13H25N3OS. The van der Waals surface area contributed by atoms with Gasteiger partial charge in [-0.15, -0.1) is 0 Å². The van der Waals surface area contributed by atoms with E-state index in [2.05, 4.69) is 31.0 Å². The number of hydrogen-bond donors (Lipinski definition) is 1. The Balaban J connectivity index is 1.93. The first kappa shape index (κ1) is 14.2. The van der Waals surface area contributed by atoms with Crippen LogP contribution in [0.25, 0.3) is 0 Å². The summed E-state index contributed by atoms with van der Waals surface area (Å²) in [7, 11) is 0. The minimum Gasteiger partial charge on any atom is -0.339 e. The van der Waals surface area contributed by atoms with Crippen LogP contribution in [0.2, 0.25) is 0 Å². The molecule has 2 rings (SSSR count). The van der Waals surface area contributed by atoms with Gasteiger partial charge < -0.3 is 10.2 Å². The smallest absolute Gasteiger partial charge is 0.239 e. The van der Waals surface area contributed by atoms with Crippen molar-refractivity contribution in [1.29, 1.82) is 0 Å². The van der Waals surface area contributed by atoms with E-state index in [1.165, 1.54) is 0 Å². The average Bonchev–Trinajstić information content (AvgIpc) is 2.37. The summed E-state index contributed by atoms with van der Waals surface area (Å²) >= 11 is 2.01. The zero-order chi connectivity index (χ0) is 13.2. The third kappa shape index (κ3) is 3.39. The fraction of sp³-hybridized carbons (Fsp3) is 0.923. The van der Waals surface area contributed by atoms with Gasteiger partial charge in [0, 0.05) is 49.8 Å². The predicted molar refractivity (Wildman–Crippen MR) is 77.0 cm³/mol. The van der Waals surface area contributed by atoms with Gasteiger partial charge in [0.05, 0.1) is 6.04 Å². The average molecular weight is 271 g/mol. The molecule has 0 aromatic heterocycles. The van der Waals surface area contributed by atoms with Gasteiger partial charge in [0.25, 0.3) is 0 Å². The zero-order valence-electron chi connectivity index (χ0n) is 11.7. The summed E-state index contributed by atoms with van der Waals surface area (Å²) in [5, 5.41) is 3.29. The molecule has 0 aromatic carbocycles. The van der Waals surface area contributed by atoms with Crippen molar-refractivity contribution in [3.05, 3.63) is 0 Å². The summed E-state index contributed by atoms with van der Waals surface area (Å²) in [4.78, 5) is 16.8. The minimum atomic E-state index is 0.0308. The Morgan fingerprint density at radius 1 is 1.28 bits per heavy atom. The van der Waals surface area contributed by atoms with Crippen LogP contribution in [-0.2, 0) is 4.79 Å². The van der Waals surface area contributed by atoms with E-state index in [1.54, 1.807) is 0 Å². The number of carbonyl (C=O) groups is 1. The molecule has 0 saturated carbocycles. The van der Waals surface area contributed by atoms with Crippen LogP contribution in [0, 0.1) is 0 Å². The highest BCUT2D eigenvalue weighted by molar-refractivity contribution is 8.00. The van der Waals surface area contributed by atoms with E-state index in [1.807, 2.05) is 16.7 Å². The largest absolute Gasteiger partial charge is 0.339 e. The summed E-state index contributed by atoms with van der Waals surface area (Å²) < 4.78 is 0.274. The van der Waals surface area contributed by atoms with Crippen molar-refractivity contribution in [2.75, 3.05) is 45.0 Å². The number of rotatable bonds is 2. The highest BCUT2D eigenvalue weighted by Crippen LogP contribution is 2.30. The Kier molecular flexibility index (Phi) is 4.56. The van der Waals surface area contributed by atoms with Gasteiger partial charge in [0.15, 0.2) is 0 Å². The van der Waals surface area contributed by atoms with E-state index in [4.69, 9.17) is 0 Å². The lowest BCUT2D eigenvalue weighted by Crippen LogP contribution is -2.56. The maximum absolute atomic E-state index is 12.5. The number of thioether (sulfide) groups is 1. The second-order valence-electron chi connectivity index (χ2n) is 5.83. The quantitative estimate of drug-likeness (QED) is 0.799. The van der Waals surface area contributed by atoms with E-state index < -0.39 is 0 Å². The lowest BCUT2D eigenvalue weighted by Gasteiger charge is -2.41. The highest BCUT2D eigenvalue weighted by atomic mass is 32.2. The van der Waals surface area contributed by atoms with Gasteiger partial charge in [-0.3, -0.25) is 9.69 Å². The van der Waals surface area contributed by atoms with Crippen LogP contribution >= 0.6 is 11.8 Å². The van der Waals surface area contributed by atoms with Crippen LogP contribution in [0.1, 0.15) is 20.8 Å². The van der Waals surface area contributed by atoms with Crippen molar-refractivity contribution < 1.29 is 4.79 Å². The molecule has 18 heavy (non-hydrogen) atoms. The van der Waals surface area contributed by atoms with E-state index in [0.717, 1.165) is 45.0 Å². The maximum Gasteiger partial charge on any atom is 0.239 e. The topological polar surface area (TPSA) is 35.6 Å². The number of nitrogens with one attached hydrogen (secondary N) is 1. The van der Waals surface area contributed by atoms with Crippen LogP contribution in [0.3, 0.4) is 0 Å². The van der Waals surface area contributed by atoms with Gasteiger partial charge in [0.2, 0.25) is 5.91 Å². The lowest BCUT2D eigenvalue weighted by atomic mass is 10.1. The molecule has 2 aliphatic heterocycles. The molecule has 5 heteroatoms. The van der Waals surface area contributed by atoms with Gasteiger partial charge in [-0.25, -0.2) is 0 Å². The molecule has 1 atom stereocenters. The molecule has 1 amide bonds. The third-order valence-corrected chi connectivity index (χ3v) is 5.09. The lowest BCUT2D eigenvalue weighted by molar-refractivity contribution is -0.137. The Bertz CT molecular complexity index is 303. The van der Waals surface area contributed by atoms with Crippen molar-refractivity contribution in [3.63, 3.8) is 0 Å². The summed E-state index contributed by atoms with van der Waals surface area (Å²) in [5.74, 6) is 1.44. The van der Waals surface area contributed by atoms with Crippen molar-refractivity contribution in [3.8, 4) is 0 Å². The Labute approximate surface area is 114 Å². The second kappa shape index (κ2) is 5.80. The molecule has 0 aromatic rings. The van der Waals surface area contributed by atoms with Crippen LogP contribution in [0.15, 0.2) is 0 Å². The molecule has 2 heterocycles. The van der Waals surface area contributed by atoms with Gasteiger partial charge in [-0.1, -0.05) is 0 Å². The molecule has 0 bridgehead atoms. The Hall–Kier alpha value is -0.260. The van der Waals surface area contributed by atoms with Crippen LogP contribution in [0.4, 0.5) is 0 Å². The fourth-order valence-corrected chi connectivity index (χ4v) is 3.82. The Morgan fingerprint density at radius 3 is 2.56 bits per heavy atom. The first-order valence-electron chi connectivity index (χ1n) is 6.87. The molecular weight excluding hydrogens is 246 g/mol. The summed E-state index contributed by atoms with van der Waals surface area (Å²) in [6.45, 7) is 12.2. The second-order valence-corrected chi connectivity index (χ2v) is 7.63. The standard InChI is InChI=1S/C13H25N3OS/c1-11(12(17)15-6-4-14-5-7-15)16-8-9-18-13(2,3)10-16/h11,14H,4-10H2,1-3H3. The summed E-state index contributed by atoms with van der Waals surface area (Å²) in [5.41, 5.74) is 0. The molecule has 1 unspecified atom stereocenters. The van der Waals surface area contributed by atoms with Crippen molar-refractivity contribution in [2.45, 2.75) is 31.6 Å². The number of nitrogens with zero attached hydrogens (tertiary/aromatic N) is 2. The molecule has 0 radical (unpaired) electrons. The molecule has 2 saturated heterocycles. The van der Waals surface area contributed by atoms with Crippen molar-refractivity contribution >= 4 is 17.7 Å². The van der Waals surface area contributed by atoms with Gasteiger partial charge in [-0.05, 0) is 20.8 Å². The molecule has 1 N–H and O–H groups in total. The number of hydrogen-bond acceptors (Lipinski definition) is 4. The monoisotopic (exact) mass is 271 g/mol. The van der Waals surface area contributed by atoms with Crippen LogP contribution < -0.4 is 5.32 Å². The number of piperazine rings is 1. The third-order valence-electron chi connectivity index (χ3n) is 3.79. The van der Waals surface area contributed by atoms with Crippen LogP contribution in [0.5, 0.6) is 0 Å². The molecule has 0 aliphatic carbocycles. The Morgan fingerprint density at radius 2 is 1.94 bits per heavy atom. The highest BCUT2D eigenvalue weighted by Gasteiger charge is 2.33. The van der Waals surface area contributed by atoms with Crippen molar-refractivity contribution in [1.82, 2.24) is 15.1 Å². The molecule has 2 fully saturated rings. The van der Waals surface area contributed by atoms with E-state index in [9.17, 15) is 4.79 Å². The van der Waals surface area contributed by atoms with E-state index >= 15 is 0 Å². The van der Waals surface area contributed by atoms with Gasteiger partial charge in [-0.2, -0.15) is 11.8 Å². The first-order valence-corrected chi connectivity index (χ1v) is 7.86. The molecule has 0 spiro atoms. The van der Waals surface area contributed by atoms with Gasteiger partial charge in [0.1, 0.15) is 0 Å². The maximum atomic E-state index is 12.5. The predicted octanol–water partition coefficient (Wildman–Crippen LogP) is 0.634. The first-order chi connectivity index (χ1) is 8.49. The number of amides is 1. The minimum absolute atomic E-state index is 0.0308. The van der Waals surface area contributed by atoms with Crippen LogP contribution in [-0.4, -0.2) is 71.5 Å². The molecule has 2 aliphatic rings. The molecule has 104 valence electrons. The summed E-state index contributed by atoms with van der Waals surface area (Å²) in [6, 6.07) is 0.0308. The van der Waals surface area contributed by atoms with Gasteiger partial charge >= 0.3 is 0 Å². The number of carbonyl (C=O) groups excluding carboxylic acids is 1.